The largest absolute Gasteiger partial charge is 0.444 e. The van der Waals surface area contributed by atoms with Crippen molar-refractivity contribution in [2.75, 3.05) is 18.0 Å². The fourth-order valence-electron chi connectivity index (χ4n) is 1.72. The predicted molar refractivity (Wildman–Crippen MR) is 62.7 cm³/mol. The number of hydrogen-bond acceptors (Lipinski definition) is 4. The minimum absolute atomic E-state index is 0.0253. The SMILES string of the molecule is N#Cc1ccc(N2C[C@H](CN=[N+]=[N-])OC2=O)cc1F. The van der Waals surface area contributed by atoms with Crippen LogP contribution in [0, 0.1) is 17.1 Å². The molecule has 1 aliphatic rings. The standard InChI is InChI=1S/C11H8FN5O2/c12-10-3-8(2-1-7(10)4-13)17-6-9(5-15-16-14)19-11(17)18/h1-3,9H,5-6H2/t9-/m0/s1. The molecule has 0 spiro atoms. The zero-order valence-electron chi connectivity index (χ0n) is 9.65. The number of amides is 1. The molecule has 0 saturated carbocycles. The average Bonchev–Trinajstić information content (AvgIpc) is 2.77. The number of carbonyl (C=O) groups is 1. The third kappa shape index (κ3) is 2.56. The van der Waals surface area contributed by atoms with Crippen LogP contribution in [0.2, 0.25) is 0 Å². The maximum Gasteiger partial charge on any atom is 0.414 e. The second-order valence-electron chi connectivity index (χ2n) is 3.81. The minimum atomic E-state index is -0.703. The molecule has 0 bridgehead atoms. The third-order valence-corrected chi connectivity index (χ3v) is 2.61. The molecule has 96 valence electrons. The average molecular weight is 261 g/mol. The van der Waals surface area contributed by atoms with E-state index in [0.29, 0.717) is 5.69 Å². The summed E-state index contributed by atoms with van der Waals surface area (Å²) in [5.41, 5.74) is 8.39. The molecule has 0 radical (unpaired) electrons. The summed E-state index contributed by atoms with van der Waals surface area (Å²) >= 11 is 0. The van der Waals surface area contributed by atoms with Gasteiger partial charge in [0.15, 0.2) is 0 Å². The lowest BCUT2D eigenvalue weighted by molar-refractivity contribution is 0.145. The highest BCUT2D eigenvalue weighted by Crippen LogP contribution is 2.23. The fourth-order valence-corrected chi connectivity index (χ4v) is 1.72. The number of nitriles is 1. The first-order valence-corrected chi connectivity index (χ1v) is 5.34. The molecule has 1 aliphatic heterocycles. The second kappa shape index (κ2) is 5.25. The molecule has 1 saturated heterocycles. The first-order valence-electron chi connectivity index (χ1n) is 5.34. The molecule has 1 aromatic carbocycles. The molecular weight excluding hydrogens is 253 g/mol. The van der Waals surface area contributed by atoms with E-state index in [1.807, 2.05) is 0 Å². The number of cyclic esters (lactones) is 1. The van der Waals surface area contributed by atoms with Gasteiger partial charge in [0.05, 0.1) is 24.3 Å². The molecule has 1 amide bonds. The molecule has 0 aromatic heterocycles. The Kier molecular flexibility index (Phi) is 3.50. The van der Waals surface area contributed by atoms with Gasteiger partial charge in [-0.15, -0.1) is 0 Å². The second-order valence-corrected chi connectivity index (χ2v) is 3.81. The van der Waals surface area contributed by atoms with Gasteiger partial charge in [-0.3, -0.25) is 4.90 Å². The number of carbonyl (C=O) groups excluding carboxylic acids is 1. The van der Waals surface area contributed by atoms with Crippen LogP contribution in [0.3, 0.4) is 0 Å². The summed E-state index contributed by atoms with van der Waals surface area (Å²) in [7, 11) is 0. The Morgan fingerprint density at radius 3 is 3.11 bits per heavy atom. The van der Waals surface area contributed by atoms with E-state index in [2.05, 4.69) is 10.0 Å². The number of halogens is 1. The van der Waals surface area contributed by atoms with Gasteiger partial charge >= 0.3 is 6.09 Å². The number of hydrogen-bond donors (Lipinski definition) is 0. The number of anilines is 1. The Bertz CT molecular complexity index is 606. The predicted octanol–water partition coefficient (Wildman–Crippen LogP) is 2.33. The Morgan fingerprint density at radius 1 is 1.68 bits per heavy atom. The smallest absolute Gasteiger partial charge is 0.414 e. The van der Waals surface area contributed by atoms with Crippen molar-refractivity contribution in [2.45, 2.75) is 6.10 Å². The van der Waals surface area contributed by atoms with Gasteiger partial charge in [-0.05, 0) is 23.7 Å². The summed E-state index contributed by atoms with van der Waals surface area (Å²) in [6, 6.07) is 5.54. The quantitative estimate of drug-likeness (QED) is 0.473. The molecule has 2 rings (SSSR count). The van der Waals surface area contributed by atoms with Gasteiger partial charge < -0.3 is 4.74 Å². The molecule has 19 heavy (non-hydrogen) atoms. The van der Waals surface area contributed by atoms with Crippen molar-refractivity contribution in [3.8, 4) is 6.07 Å². The molecule has 1 aromatic rings. The first-order chi connectivity index (χ1) is 9.15. The van der Waals surface area contributed by atoms with E-state index in [1.54, 1.807) is 6.07 Å². The van der Waals surface area contributed by atoms with E-state index in [-0.39, 0.29) is 18.7 Å². The first kappa shape index (κ1) is 12.7. The molecule has 8 heteroatoms. The van der Waals surface area contributed by atoms with Crippen LogP contribution in [-0.4, -0.2) is 25.3 Å². The van der Waals surface area contributed by atoms with E-state index < -0.39 is 18.0 Å². The summed E-state index contributed by atoms with van der Waals surface area (Å²) in [6.07, 6.45) is -1.19. The molecule has 0 aliphatic carbocycles. The van der Waals surface area contributed by atoms with Gasteiger partial charge in [0.1, 0.15) is 18.0 Å². The van der Waals surface area contributed by atoms with Crippen molar-refractivity contribution >= 4 is 11.8 Å². The van der Waals surface area contributed by atoms with Crippen molar-refractivity contribution in [3.63, 3.8) is 0 Å². The monoisotopic (exact) mass is 261 g/mol. The Labute approximate surface area is 107 Å². The van der Waals surface area contributed by atoms with Crippen molar-refractivity contribution in [3.05, 3.63) is 40.0 Å². The number of rotatable bonds is 3. The van der Waals surface area contributed by atoms with Crippen LogP contribution in [0.4, 0.5) is 14.9 Å². The fraction of sp³-hybridized carbons (Fsp3) is 0.273. The molecule has 1 heterocycles. The normalized spacial score (nSPS) is 17.6. The molecular formula is C11H8FN5O2. The van der Waals surface area contributed by atoms with Crippen LogP contribution in [0.25, 0.3) is 10.4 Å². The summed E-state index contributed by atoms with van der Waals surface area (Å²) in [4.78, 5) is 15.4. The van der Waals surface area contributed by atoms with E-state index in [1.165, 1.54) is 17.0 Å². The van der Waals surface area contributed by atoms with E-state index in [0.717, 1.165) is 6.07 Å². The number of ether oxygens (including phenoxy) is 1. The van der Waals surface area contributed by atoms with Crippen molar-refractivity contribution < 1.29 is 13.9 Å². The van der Waals surface area contributed by atoms with Crippen LogP contribution < -0.4 is 4.90 Å². The molecule has 0 unspecified atom stereocenters. The highest BCUT2D eigenvalue weighted by molar-refractivity contribution is 5.89. The van der Waals surface area contributed by atoms with Crippen LogP contribution >= 0.6 is 0 Å². The topological polar surface area (TPSA) is 102 Å². The zero-order chi connectivity index (χ0) is 13.8. The van der Waals surface area contributed by atoms with Crippen LogP contribution in [0.1, 0.15) is 5.56 Å². The van der Waals surface area contributed by atoms with Gasteiger partial charge in [0.25, 0.3) is 0 Å². The van der Waals surface area contributed by atoms with Crippen molar-refractivity contribution in [1.29, 1.82) is 5.26 Å². The highest BCUT2D eigenvalue weighted by Gasteiger charge is 2.32. The highest BCUT2D eigenvalue weighted by atomic mass is 19.1. The maximum absolute atomic E-state index is 13.5. The number of benzene rings is 1. The van der Waals surface area contributed by atoms with Crippen LogP contribution in [0.15, 0.2) is 23.3 Å². The molecule has 1 fully saturated rings. The van der Waals surface area contributed by atoms with E-state index in [4.69, 9.17) is 15.5 Å². The summed E-state index contributed by atoms with van der Waals surface area (Å²) in [5, 5.41) is 11.9. The number of nitrogens with zero attached hydrogens (tertiary/aromatic N) is 5. The Morgan fingerprint density at radius 2 is 2.47 bits per heavy atom. The molecule has 0 N–H and O–H groups in total. The lowest BCUT2D eigenvalue weighted by Crippen LogP contribution is -2.25. The Balaban J connectivity index is 2.19. The van der Waals surface area contributed by atoms with E-state index >= 15 is 0 Å². The lowest BCUT2D eigenvalue weighted by atomic mass is 10.2. The van der Waals surface area contributed by atoms with Gasteiger partial charge in [0.2, 0.25) is 0 Å². The van der Waals surface area contributed by atoms with Crippen LogP contribution in [0.5, 0.6) is 0 Å². The third-order valence-electron chi connectivity index (χ3n) is 2.61. The van der Waals surface area contributed by atoms with Gasteiger partial charge in [-0.1, -0.05) is 5.11 Å². The summed E-state index contributed by atoms with van der Waals surface area (Å²) < 4.78 is 18.4. The molecule has 7 nitrogen and oxygen atoms in total. The summed E-state index contributed by atoms with van der Waals surface area (Å²) in [6.45, 7) is 0.195. The number of azide groups is 1. The van der Waals surface area contributed by atoms with Crippen molar-refractivity contribution in [1.82, 2.24) is 0 Å². The van der Waals surface area contributed by atoms with Crippen LogP contribution in [-0.2, 0) is 4.74 Å². The van der Waals surface area contributed by atoms with Gasteiger partial charge in [-0.25, -0.2) is 9.18 Å². The Hall–Kier alpha value is -2.78. The zero-order valence-corrected chi connectivity index (χ0v) is 9.65. The van der Waals surface area contributed by atoms with Gasteiger partial charge in [0, 0.05) is 4.91 Å². The molecule has 1 atom stereocenters. The summed E-state index contributed by atoms with van der Waals surface area (Å²) in [5.74, 6) is -0.703. The maximum atomic E-state index is 13.5. The lowest BCUT2D eigenvalue weighted by Gasteiger charge is -2.12. The van der Waals surface area contributed by atoms with Crippen molar-refractivity contribution in [2.24, 2.45) is 5.11 Å². The van der Waals surface area contributed by atoms with E-state index in [9.17, 15) is 9.18 Å². The minimum Gasteiger partial charge on any atom is -0.444 e. The van der Waals surface area contributed by atoms with Gasteiger partial charge in [-0.2, -0.15) is 5.26 Å².